The molecule has 0 bridgehead atoms. The Morgan fingerprint density at radius 3 is 1.50 bits per heavy atom. The number of carbonyl (C=O) groups is 2. The van der Waals surface area contributed by atoms with Gasteiger partial charge in [-0.1, -0.05) is 153 Å². The maximum absolute atomic E-state index is 12.8. The average molecular weight is 847 g/mol. The molecule has 0 aromatic rings. The van der Waals surface area contributed by atoms with Crippen LogP contribution in [0.25, 0.3) is 0 Å². The highest BCUT2D eigenvalue weighted by Crippen LogP contribution is 2.47. The summed E-state index contributed by atoms with van der Waals surface area (Å²) in [5, 5.41) is 50.0. The average Bonchev–Trinajstić information content (AvgIpc) is 3.20. The molecule has 58 heavy (non-hydrogen) atoms. The van der Waals surface area contributed by atoms with Crippen LogP contribution in [0.1, 0.15) is 174 Å². The van der Waals surface area contributed by atoms with Crippen LogP contribution in [0, 0.1) is 0 Å². The van der Waals surface area contributed by atoms with Gasteiger partial charge in [-0.05, 0) is 44.9 Å². The summed E-state index contributed by atoms with van der Waals surface area (Å²) in [5.74, 6) is -1.36. The van der Waals surface area contributed by atoms with E-state index in [9.17, 15) is 44.6 Å². The predicted molar refractivity (Wildman–Crippen MR) is 226 cm³/mol. The minimum Gasteiger partial charge on any atom is -0.462 e. The molecule has 0 aromatic carbocycles. The largest absolute Gasteiger partial charge is 0.472 e. The van der Waals surface area contributed by atoms with Gasteiger partial charge in [0.25, 0.3) is 0 Å². The lowest BCUT2D eigenvalue weighted by Crippen LogP contribution is -2.64. The Bertz CT molecular complexity index is 1160. The molecule has 1 saturated carbocycles. The Morgan fingerprint density at radius 1 is 0.569 bits per heavy atom. The highest BCUT2D eigenvalue weighted by atomic mass is 31.2. The molecule has 0 spiro atoms. The number of esters is 2. The molecule has 0 radical (unpaired) electrons. The molecule has 1 rings (SSSR count). The fourth-order valence-corrected chi connectivity index (χ4v) is 7.63. The van der Waals surface area contributed by atoms with Gasteiger partial charge >= 0.3 is 19.8 Å². The molecule has 8 atom stereocenters. The smallest absolute Gasteiger partial charge is 0.462 e. The molecule has 1 aliphatic carbocycles. The Morgan fingerprint density at radius 2 is 1.00 bits per heavy atom. The third-order valence-electron chi connectivity index (χ3n) is 10.3. The van der Waals surface area contributed by atoms with Crippen molar-refractivity contribution in [1.82, 2.24) is 0 Å². The van der Waals surface area contributed by atoms with Gasteiger partial charge in [0.1, 0.15) is 43.2 Å². The van der Waals surface area contributed by atoms with Crippen molar-refractivity contribution in [2.24, 2.45) is 0 Å². The summed E-state index contributed by atoms with van der Waals surface area (Å²) in [6.07, 6.45) is 25.5. The number of hydrogen-bond acceptors (Lipinski definition) is 12. The van der Waals surface area contributed by atoms with E-state index in [1.165, 1.54) is 96.0 Å². The maximum atomic E-state index is 12.8. The van der Waals surface area contributed by atoms with Crippen molar-refractivity contribution >= 4 is 19.8 Å². The zero-order chi connectivity index (χ0) is 42.9. The van der Waals surface area contributed by atoms with Gasteiger partial charge in [0, 0.05) is 12.5 Å². The van der Waals surface area contributed by atoms with Gasteiger partial charge in [-0.15, -0.1) is 0 Å². The minimum atomic E-state index is -5.14. The van der Waals surface area contributed by atoms with Crippen LogP contribution in [0.4, 0.5) is 0 Å². The van der Waals surface area contributed by atoms with Gasteiger partial charge in [0.2, 0.25) is 0 Å². The van der Waals surface area contributed by atoms with Crippen molar-refractivity contribution in [3.05, 3.63) is 36.5 Å². The quantitative estimate of drug-likeness (QED) is 0.00878. The number of aliphatic hydroxyl groups excluding tert-OH is 5. The van der Waals surface area contributed by atoms with Crippen LogP contribution in [-0.4, -0.2) is 98.3 Å². The lowest BCUT2D eigenvalue weighted by molar-refractivity contribution is -0.220. The van der Waals surface area contributed by atoms with E-state index in [1.807, 2.05) is 6.08 Å². The van der Waals surface area contributed by atoms with Gasteiger partial charge in [0.15, 0.2) is 6.10 Å². The van der Waals surface area contributed by atoms with Crippen molar-refractivity contribution in [3.8, 4) is 0 Å². The lowest BCUT2D eigenvalue weighted by atomic mass is 9.85. The molecule has 0 amide bonds. The zero-order valence-corrected chi connectivity index (χ0v) is 36.5. The monoisotopic (exact) mass is 847 g/mol. The molecule has 0 saturated heterocycles. The third-order valence-corrected chi connectivity index (χ3v) is 11.3. The zero-order valence-electron chi connectivity index (χ0n) is 35.6. The van der Waals surface area contributed by atoms with Gasteiger partial charge in [0.05, 0.1) is 6.61 Å². The van der Waals surface area contributed by atoms with Gasteiger partial charge < -0.3 is 39.9 Å². The molecule has 338 valence electrons. The first kappa shape index (κ1) is 54.1. The van der Waals surface area contributed by atoms with Crippen molar-refractivity contribution in [1.29, 1.82) is 0 Å². The number of allylic oxidation sites excluding steroid dienone is 5. The summed E-state index contributed by atoms with van der Waals surface area (Å²) in [6.45, 7) is 3.17. The molecule has 0 aromatic heterocycles. The molecule has 6 N–H and O–H groups in total. The highest BCUT2D eigenvalue weighted by Gasteiger charge is 2.51. The van der Waals surface area contributed by atoms with Crippen LogP contribution >= 0.6 is 7.82 Å². The number of carbonyl (C=O) groups excluding carboxylic acids is 2. The summed E-state index contributed by atoms with van der Waals surface area (Å²) < 4.78 is 33.3. The molecule has 6 unspecified atom stereocenters. The summed E-state index contributed by atoms with van der Waals surface area (Å²) >= 11 is 0. The van der Waals surface area contributed by atoms with Crippen LogP contribution in [-0.2, 0) is 32.7 Å². The summed E-state index contributed by atoms with van der Waals surface area (Å²) in [4.78, 5) is 35.5. The second-order valence-corrected chi connectivity index (χ2v) is 17.0. The third kappa shape index (κ3) is 27.0. The van der Waals surface area contributed by atoms with E-state index in [2.05, 4.69) is 26.0 Å². The maximum Gasteiger partial charge on any atom is 0.472 e. The standard InChI is InChI=1S/C44H79O13P/c1-3-5-7-9-11-13-15-17-19-21-23-25-27-29-31-33-38(46)56-36(35-55-58(52,53)57-44-42(50)40(48)39(47)41(49)43(44)51)34-54-37(45)32-30-28-26-24-22-20-18-16-14-12-10-8-6-4-2/h16,18,27,29,31,33,36,39-44,47-51H,3-15,17,19-26,28,30,32,34-35H2,1-2H3,(H,52,53)/b18-16+,29-27+,33-31+/t36-,39?,40-,41?,42?,43?,44?/m0/s1. The topological polar surface area (TPSA) is 210 Å². The van der Waals surface area contributed by atoms with Crippen molar-refractivity contribution in [2.75, 3.05) is 13.2 Å². The number of hydrogen-bond donors (Lipinski definition) is 6. The Hall–Kier alpha value is -1.93. The molecule has 1 fully saturated rings. The van der Waals surface area contributed by atoms with E-state index in [1.54, 1.807) is 6.08 Å². The van der Waals surface area contributed by atoms with Crippen molar-refractivity contribution < 1.29 is 63.1 Å². The van der Waals surface area contributed by atoms with Crippen LogP contribution in [0.3, 0.4) is 0 Å². The number of unbranched alkanes of at least 4 members (excludes halogenated alkanes) is 21. The van der Waals surface area contributed by atoms with Crippen LogP contribution in [0.15, 0.2) is 36.5 Å². The van der Waals surface area contributed by atoms with E-state index in [-0.39, 0.29) is 6.42 Å². The Balaban J connectivity index is 2.54. The lowest BCUT2D eigenvalue weighted by Gasteiger charge is -2.41. The van der Waals surface area contributed by atoms with Gasteiger partial charge in [-0.3, -0.25) is 13.8 Å². The first-order valence-electron chi connectivity index (χ1n) is 22.3. The van der Waals surface area contributed by atoms with E-state index >= 15 is 0 Å². The first-order valence-corrected chi connectivity index (χ1v) is 23.8. The number of phosphoric ester groups is 1. The number of rotatable bonds is 36. The molecular formula is C44H79O13P. The van der Waals surface area contributed by atoms with Crippen molar-refractivity contribution in [3.63, 3.8) is 0 Å². The number of aliphatic hydroxyl groups is 5. The van der Waals surface area contributed by atoms with E-state index in [0.717, 1.165) is 63.9 Å². The molecule has 14 heteroatoms. The summed E-state index contributed by atoms with van der Waals surface area (Å²) in [6, 6.07) is 0. The number of ether oxygens (including phenoxy) is 2. The second kappa shape index (κ2) is 34.7. The van der Waals surface area contributed by atoms with Gasteiger partial charge in [-0.2, -0.15) is 0 Å². The van der Waals surface area contributed by atoms with E-state index < -0.39 is 75.7 Å². The SMILES string of the molecule is CCCCCCC/C=C/CCCCCCCC(=O)OC[C@@H](COP(=O)(O)OC1C(O)C(O)C(O)[C@H](O)C1O)OC(=O)/C=C/C=C/CCCCCCCCCCCCC. The molecule has 13 nitrogen and oxygen atoms in total. The number of phosphoric acid groups is 1. The fraction of sp³-hybridized carbons (Fsp3) is 0.818. The van der Waals surface area contributed by atoms with Crippen LogP contribution in [0.2, 0.25) is 0 Å². The molecule has 1 aliphatic rings. The fourth-order valence-electron chi connectivity index (χ4n) is 6.66. The van der Waals surface area contributed by atoms with Crippen molar-refractivity contribution in [2.45, 2.75) is 217 Å². The summed E-state index contributed by atoms with van der Waals surface area (Å²) in [7, 11) is -5.14. The molecule has 0 heterocycles. The normalized spacial score (nSPS) is 22.8. The predicted octanol–water partition coefficient (Wildman–Crippen LogP) is 8.22. The highest BCUT2D eigenvalue weighted by molar-refractivity contribution is 7.47. The van der Waals surface area contributed by atoms with E-state index in [0.29, 0.717) is 6.42 Å². The van der Waals surface area contributed by atoms with Crippen LogP contribution in [0.5, 0.6) is 0 Å². The Labute approximate surface area is 348 Å². The molecular weight excluding hydrogens is 767 g/mol. The molecule has 0 aliphatic heterocycles. The van der Waals surface area contributed by atoms with Crippen LogP contribution < -0.4 is 0 Å². The summed E-state index contributed by atoms with van der Waals surface area (Å²) in [5.41, 5.74) is 0. The Kier molecular flexibility index (Phi) is 32.4. The second-order valence-electron chi connectivity index (χ2n) is 15.6. The first-order chi connectivity index (χ1) is 27.9. The van der Waals surface area contributed by atoms with Gasteiger partial charge in [-0.25, -0.2) is 9.36 Å². The minimum absolute atomic E-state index is 0.138. The van der Waals surface area contributed by atoms with E-state index in [4.69, 9.17) is 18.5 Å².